The van der Waals surface area contributed by atoms with Crippen molar-refractivity contribution in [1.82, 2.24) is 15.6 Å². The molecule has 1 aromatic heterocycles. The van der Waals surface area contributed by atoms with Gasteiger partial charge in [0.2, 0.25) is 5.91 Å². The van der Waals surface area contributed by atoms with Crippen LogP contribution in [-0.4, -0.2) is 35.5 Å². The van der Waals surface area contributed by atoms with Gasteiger partial charge in [0.05, 0.1) is 0 Å². The van der Waals surface area contributed by atoms with Gasteiger partial charge in [-0.05, 0) is 17.2 Å². The van der Waals surface area contributed by atoms with Crippen molar-refractivity contribution in [3.05, 3.63) is 71.9 Å². The minimum atomic E-state index is -0.773. The molecular formula is C21H22ClN3O3. The fourth-order valence-electron chi connectivity index (χ4n) is 2.93. The van der Waals surface area contributed by atoms with E-state index in [4.69, 9.17) is 16.3 Å². The molecule has 0 fully saturated rings. The first-order chi connectivity index (χ1) is 13.7. The topological polar surface area (TPSA) is 83.2 Å². The second kappa shape index (κ2) is 9.80. The molecule has 0 spiro atoms. The van der Waals surface area contributed by atoms with Crippen molar-refractivity contribution >= 4 is 34.5 Å². The van der Waals surface area contributed by atoms with Gasteiger partial charge in [0.25, 0.3) is 0 Å². The molecule has 1 unspecified atom stereocenters. The number of nitrogens with one attached hydrogen (secondary N) is 3. The Morgan fingerprint density at radius 3 is 2.61 bits per heavy atom. The Bertz CT molecular complexity index is 927. The number of carbonyl (C=O) groups excluding carboxylic acids is 2. The monoisotopic (exact) mass is 399 g/mol. The van der Waals surface area contributed by atoms with Gasteiger partial charge < -0.3 is 20.4 Å². The Morgan fingerprint density at radius 2 is 1.82 bits per heavy atom. The van der Waals surface area contributed by atoms with Gasteiger partial charge in [-0.2, -0.15) is 0 Å². The van der Waals surface area contributed by atoms with Crippen LogP contribution in [0.15, 0.2) is 60.8 Å². The SMILES string of the molecule is O=C(NC(Cc1c[nH]c2ccccc12)C(=O)NCCCl)OCc1ccccc1. The minimum Gasteiger partial charge on any atom is -0.445 e. The van der Waals surface area contributed by atoms with E-state index >= 15 is 0 Å². The van der Waals surface area contributed by atoms with Crippen LogP contribution < -0.4 is 10.6 Å². The number of hydrogen-bond acceptors (Lipinski definition) is 3. The minimum absolute atomic E-state index is 0.135. The molecule has 7 heteroatoms. The van der Waals surface area contributed by atoms with Crippen LogP contribution in [0.2, 0.25) is 0 Å². The summed E-state index contributed by atoms with van der Waals surface area (Å²) in [5.74, 6) is -0.00752. The molecule has 0 aliphatic rings. The number of H-pyrrole nitrogens is 1. The summed E-state index contributed by atoms with van der Waals surface area (Å²) in [6.45, 7) is 0.460. The first-order valence-corrected chi connectivity index (χ1v) is 9.56. The summed E-state index contributed by atoms with van der Waals surface area (Å²) >= 11 is 5.66. The van der Waals surface area contributed by atoms with Crippen molar-refractivity contribution in [1.29, 1.82) is 0 Å². The Morgan fingerprint density at radius 1 is 1.07 bits per heavy atom. The first kappa shape index (κ1) is 19.8. The van der Waals surface area contributed by atoms with Crippen LogP contribution in [0.1, 0.15) is 11.1 Å². The van der Waals surface area contributed by atoms with Gasteiger partial charge in [0.1, 0.15) is 12.6 Å². The van der Waals surface area contributed by atoms with Gasteiger partial charge in [-0.15, -0.1) is 11.6 Å². The molecule has 0 saturated carbocycles. The predicted octanol–water partition coefficient (Wildman–Crippen LogP) is 3.36. The summed E-state index contributed by atoms with van der Waals surface area (Å²) in [5.41, 5.74) is 2.78. The number of fused-ring (bicyclic) bond motifs is 1. The van der Waals surface area contributed by atoms with Crippen LogP contribution in [0.4, 0.5) is 4.79 Å². The Balaban J connectivity index is 1.67. The molecule has 28 heavy (non-hydrogen) atoms. The fraction of sp³-hybridized carbons (Fsp3) is 0.238. The third-order valence-electron chi connectivity index (χ3n) is 4.31. The van der Waals surface area contributed by atoms with Gasteiger partial charge in [0, 0.05) is 35.9 Å². The highest BCUT2D eigenvalue weighted by Gasteiger charge is 2.23. The maximum atomic E-state index is 12.5. The third kappa shape index (κ3) is 5.27. The summed E-state index contributed by atoms with van der Waals surface area (Å²) < 4.78 is 5.26. The molecule has 0 radical (unpaired) electrons. The van der Waals surface area contributed by atoms with E-state index in [0.717, 1.165) is 22.0 Å². The molecule has 146 valence electrons. The van der Waals surface area contributed by atoms with Crippen LogP contribution >= 0.6 is 11.6 Å². The second-order valence-corrected chi connectivity index (χ2v) is 6.68. The van der Waals surface area contributed by atoms with Gasteiger partial charge in [-0.1, -0.05) is 48.5 Å². The molecule has 2 amide bonds. The number of carbonyl (C=O) groups is 2. The molecule has 1 atom stereocenters. The Labute approximate surface area is 168 Å². The lowest BCUT2D eigenvalue weighted by atomic mass is 10.0. The predicted molar refractivity (Wildman–Crippen MR) is 109 cm³/mol. The normalized spacial score (nSPS) is 11.8. The molecule has 3 aromatic rings. The standard InChI is InChI=1S/C21H22ClN3O3/c22-10-11-23-20(26)19(12-16-13-24-18-9-5-4-8-17(16)18)25-21(27)28-14-15-6-2-1-3-7-15/h1-9,13,19,24H,10-12,14H2,(H,23,26)(H,25,27). The van der Waals surface area contributed by atoms with Crippen molar-refractivity contribution in [3.8, 4) is 0 Å². The van der Waals surface area contributed by atoms with E-state index in [9.17, 15) is 9.59 Å². The smallest absolute Gasteiger partial charge is 0.408 e. The fourth-order valence-corrected chi connectivity index (χ4v) is 3.02. The van der Waals surface area contributed by atoms with Crippen LogP contribution in [0, 0.1) is 0 Å². The zero-order valence-electron chi connectivity index (χ0n) is 15.3. The number of para-hydroxylation sites is 1. The highest BCUT2D eigenvalue weighted by atomic mass is 35.5. The molecule has 0 aliphatic heterocycles. The van der Waals surface area contributed by atoms with E-state index in [1.54, 1.807) is 0 Å². The number of amides is 2. The van der Waals surface area contributed by atoms with Crippen LogP contribution in [-0.2, 0) is 22.6 Å². The van der Waals surface area contributed by atoms with E-state index in [1.807, 2.05) is 60.8 Å². The van der Waals surface area contributed by atoms with Crippen molar-refractivity contribution in [3.63, 3.8) is 0 Å². The third-order valence-corrected chi connectivity index (χ3v) is 4.50. The van der Waals surface area contributed by atoms with Crippen molar-refractivity contribution in [2.24, 2.45) is 0 Å². The van der Waals surface area contributed by atoms with Gasteiger partial charge >= 0.3 is 6.09 Å². The number of benzene rings is 2. The van der Waals surface area contributed by atoms with Gasteiger partial charge in [0.15, 0.2) is 0 Å². The Kier molecular flexibility index (Phi) is 6.92. The van der Waals surface area contributed by atoms with Crippen molar-refractivity contribution in [2.45, 2.75) is 19.1 Å². The number of ether oxygens (including phenoxy) is 1. The summed E-state index contributed by atoms with van der Waals surface area (Å²) in [4.78, 5) is 28.0. The number of rotatable bonds is 8. The van der Waals surface area contributed by atoms with Crippen LogP contribution in [0.3, 0.4) is 0 Å². The van der Waals surface area contributed by atoms with E-state index in [-0.39, 0.29) is 12.5 Å². The van der Waals surface area contributed by atoms with Crippen molar-refractivity contribution in [2.75, 3.05) is 12.4 Å². The highest BCUT2D eigenvalue weighted by Crippen LogP contribution is 2.19. The largest absolute Gasteiger partial charge is 0.445 e. The summed E-state index contributed by atoms with van der Waals surface area (Å²) in [7, 11) is 0. The zero-order valence-corrected chi connectivity index (χ0v) is 16.0. The van der Waals surface area contributed by atoms with Gasteiger partial charge in [-0.25, -0.2) is 4.79 Å². The van der Waals surface area contributed by atoms with Crippen molar-refractivity contribution < 1.29 is 14.3 Å². The molecule has 1 heterocycles. The summed E-state index contributed by atoms with van der Waals surface area (Å²) in [5, 5.41) is 6.40. The maximum absolute atomic E-state index is 12.5. The highest BCUT2D eigenvalue weighted by molar-refractivity contribution is 6.18. The average molecular weight is 400 g/mol. The van der Waals surface area contributed by atoms with Gasteiger partial charge in [-0.3, -0.25) is 4.79 Å². The van der Waals surface area contributed by atoms with E-state index < -0.39 is 12.1 Å². The molecule has 6 nitrogen and oxygen atoms in total. The number of alkyl carbamates (subject to hydrolysis) is 1. The van der Waals surface area contributed by atoms with E-state index in [1.165, 1.54) is 0 Å². The zero-order chi connectivity index (χ0) is 19.8. The molecular weight excluding hydrogens is 378 g/mol. The second-order valence-electron chi connectivity index (χ2n) is 6.30. The number of aromatic nitrogens is 1. The summed E-state index contributed by atoms with van der Waals surface area (Å²) in [6, 6.07) is 16.4. The quantitative estimate of drug-likeness (QED) is 0.508. The number of alkyl halides is 1. The summed E-state index contributed by atoms with van der Waals surface area (Å²) in [6.07, 6.45) is 1.54. The lowest BCUT2D eigenvalue weighted by Crippen LogP contribution is -2.48. The molecule has 0 aliphatic carbocycles. The number of halogens is 1. The lowest BCUT2D eigenvalue weighted by molar-refractivity contribution is -0.122. The number of aromatic amines is 1. The van der Waals surface area contributed by atoms with Crippen LogP contribution in [0.5, 0.6) is 0 Å². The molecule has 0 bridgehead atoms. The average Bonchev–Trinajstić information content (AvgIpc) is 3.13. The first-order valence-electron chi connectivity index (χ1n) is 9.03. The number of hydrogen-bond donors (Lipinski definition) is 3. The lowest BCUT2D eigenvalue weighted by Gasteiger charge is -2.18. The van der Waals surface area contributed by atoms with E-state index in [2.05, 4.69) is 15.6 Å². The molecule has 3 N–H and O–H groups in total. The maximum Gasteiger partial charge on any atom is 0.408 e. The van der Waals surface area contributed by atoms with E-state index in [0.29, 0.717) is 18.8 Å². The molecule has 0 saturated heterocycles. The molecule has 3 rings (SSSR count). The molecule has 2 aromatic carbocycles. The van der Waals surface area contributed by atoms with Crippen LogP contribution in [0.25, 0.3) is 10.9 Å². The Hall–Kier alpha value is -2.99.